The summed E-state index contributed by atoms with van der Waals surface area (Å²) < 4.78 is 0. The number of piperidine rings is 1. The van der Waals surface area contributed by atoms with E-state index < -0.39 is 0 Å². The monoisotopic (exact) mass is 320 g/mol. The number of rotatable bonds is 6. The molecular weight excluding hydrogens is 296 g/mol. The van der Waals surface area contributed by atoms with Crippen LogP contribution in [-0.4, -0.2) is 47.3 Å². The van der Waals surface area contributed by atoms with Crippen LogP contribution in [0.2, 0.25) is 0 Å². The van der Waals surface area contributed by atoms with Crippen molar-refractivity contribution < 1.29 is 4.79 Å². The zero-order valence-electron chi connectivity index (χ0n) is 13.1. The highest BCUT2D eigenvalue weighted by Crippen LogP contribution is 2.30. The van der Waals surface area contributed by atoms with Gasteiger partial charge in [0, 0.05) is 32.2 Å². The minimum atomic E-state index is 0.0902. The summed E-state index contributed by atoms with van der Waals surface area (Å²) in [5, 5.41) is 0. The van der Waals surface area contributed by atoms with Gasteiger partial charge in [0.1, 0.15) is 5.88 Å². The van der Waals surface area contributed by atoms with Crippen molar-refractivity contribution in [2.24, 2.45) is 5.92 Å². The van der Waals surface area contributed by atoms with Gasteiger partial charge in [-0.3, -0.25) is 9.69 Å². The van der Waals surface area contributed by atoms with E-state index in [4.69, 9.17) is 11.6 Å². The molecule has 1 aliphatic carbocycles. The summed E-state index contributed by atoms with van der Waals surface area (Å²) in [6.07, 6.45) is 4.98. The number of halogens is 1. The van der Waals surface area contributed by atoms with Crippen LogP contribution in [0, 0.1) is 5.92 Å². The van der Waals surface area contributed by atoms with Crippen LogP contribution in [0.1, 0.15) is 31.2 Å². The molecule has 0 spiro atoms. The number of benzene rings is 1. The Labute approximate surface area is 138 Å². The summed E-state index contributed by atoms with van der Waals surface area (Å²) in [6.45, 7) is 3.89. The zero-order valence-corrected chi connectivity index (χ0v) is 13.8. The molecule has 0 radical (unpaired) electrons. The van der Waals surface area contributed by atoms with Crippen LogP contribution >= 0.6 is 11.6 Å². The quantitative estimate of drug-likeness (QED) is 0.752. The fraction of sp³-hybridized carbons (Fsp3) is 0.611. The second-order valence-corrected chi connectivity index (χ2v) is 6.90. The van der Waals surface area contributed by atoms with Crippen LogP contribution in [-0.2, 0) is 11.3 Å². The maximum absolute atomic E-state index is 11.8. The van der Waals surface area contributed by atoms with Gasteiger partial charge in [-0.2, -0.15) is 0 Å². The van der Waals surface area contributed by atoms with Gasteiger partial charge in [0.2, 0.25) is 5.91 Å². The Balaban J connectivity index is 1.58. The lowest BCUT2D eigenvalue weighted by Gasteiger charge is -2.35. The van der Waals surface area contributed by atoms with E-state index >= 15 is 0 Å². The number of carbonyl (C=O) groups excluding carboxylic acids is 1. The third-order valence-electron chi connectivity index (χ3n) is 4.77. The summed E-state index contributed by atoms with van der Waals surface area (Å²) >= 11 is 5.70. The number of carbonyl (C=O) groups is 1. The molecule has 0 aromatic heterocycles. The number of hydrogen-bond acceptors (Lipinski definition) is 2. The van der Waals surface area contributed by atoms with Crippen molar-refractivity contribution in [1.29, 1.82) is 0 Å². The number of likely N-dealkylation sites (tertiary alicyclic amines) is 1. The minimum absolute atomic E-state index is 0.0902. The van der Waals surface area contributed by atoms with Crippen molar-refractivity contribution in [1.82, 2.24) is 9.80 Å². The van der Waals surface area contributed by atoms with Gasteiger partial charge < -0.3 is 4.90 Å². The highest BCUT2D eigenvalue weighted by molar-refractivity contribution is 6.27. The van der Waals surface area contributed by atoms with Crippen LogP contribution in [0.3, 0.4) is 0 Å². The van der Waals surface area contributed by atoms with Crippen molar-refractivity contribution >= 4 is 17.5 Å². The van der Waals surface area contributed by atoms with E-state index in [2.05, 4.69) is 35.2 Å². The maximum atomic E-state index is 11.8. The van der Waals surface area contributed by atoms with Gasteiger partial charge in [0.15, 0.2) is 0 Å². The molecule has 2 fully saturated rings. The Kier molecular flexibility index (Phi) is 5.37. The van der Waals surface area contributed by atoms with Gasteiger partial charge in [-0.1, -0.05) is 30.3 Å². The summed E-state index contributed by atoms with van der Waals surface area (Å²) in [5.41, 5.74) is 1.39. The van der Waals surface area contributed by atoms with Crippen LogP contribution in [0.25, 0.3) is 0 Å². The second kappa shape index (κ2) is 7.47. The van der Waals surface area contributed by atoms with E-state index in [1.165, 1.54) is 24.8 Å². The largest absolute Gasteiger partial charge is 0.341 e. The highest BCUT2D eigenvalue weighted by Gasteiger charge is 2.32. The zero-order chi connectivity index (χ0) is 15.4. The second-order valence-electron chi connectivity index (χ2n) is 6.63. The predicted molar refractivity (Wildman–Crippen MR) is 89.9 cm³/mol. The molecule has 1 amide bonds. The van der Waals surface area contributed by atoms with Crippen molar-refractivity contribution in [3.63, 3.8) is 0 Å². The molecule has 3 nitrogen and oxygen atoms in total. The Bertz CT molecular complexity index is 489. The van der Waals surface area contributed by atoms with Crippen LogP contribution in [0.15, 0.2) is 30.3 Å². The van der Waals surface area contributed by atoms with Gasteiger partial charge in [0.05, 0.1) is 0 Å². The molecule has 1 saturated heterocycles. The van der Waals surface area contributed by atoms with E-state index in [1.807, 2.05) is 4.90 Å². The first-order valence-electron chi connectivity index (χ1n) is 8.38. The lowest BCUT2D eigenvalue weighted by Crippen LogP contribution is -2.44. The fourth-order valence-electron chi connectivity index (χ4n) is 3.46. The van der Waals surface area contributed by atoms with Crippen LogP contribution in [0.4, 0.5) is 0 Å². The summed E-state index contributed by atoms with van der Waals surface area (Å²) in [4.78, 5) is 16.4. The average molecular weight is 321 g/mol. The summed E-state index contributed by atoms with van der Waals surface area (Å²) in [6, 6.07) is 11.5. The molecule has 1 aliphatic heterocycles. The Morgan fingerprint density at radius 2 is 2.00 bits per heavy atom. The minimum Gasteiger partial charge on any atom is -0.341 e. The van der Waals surface area contributed by atoms with Gasteiger partial charge in [-0.15, -0.1) is 11.6 Å². The standard InChI is InChI=1S/C18H25ClN2O/c19-11-18(22)20-10-4-7-16(13-20)14-21(17-8-9-17)12-15-5-2-1-3-6-15/h1-3,5-6,16-17H,4,7-14H2/t16-/m1/s1. The van der Waals surface area contributed by atoms with Gasteiger partial charge in [0.25, 0.3) is 0 Å². The first-order valence-corrected chi connectivity index (χ1v) is 8.91. The molecule has 0 bridgehead atoms. The number of alkyl halides is 1. The fourth-order valence-corrected chi connectivity index (χ4v) is 3.63. The maximum Gasteiger partial charge on any atom is 0.237 e. The van der Waals surface area contributed by atoms with Crippen molar-refractivity contribution in [2.45, 2.75) is 38.3 Å². The van der Waals surface area contributed by atoms with Crippen molar-refractivity contribution in [3.8, 4) is 0 Å². The number of hydrogen-bond donors (Lipinski definition) is 0. The van der Waals surface area contributed by atoms with Gasteiger partial charge in [-0.25, -0.2) is 0 Å². The molecule has 120 valence electrons. The first-order chi connectivity index (χ1) is 10.8. The highest BCUT2D eigenvalue weighted by atomic mass is 35.5. The van der Waals surface area contributed by atoms with Crippen molar-refractivity contribution in [3.05, 3.63) is 35.9 Å². The molecule has 1 heterocycles. The van der Waals surface area contributed by atoms with Crippen LogP contribution < -0.4 is 0 Å². The number of nitrogens with zero attached hydrogens (tertiary/aromatic N) is 2. The molecule has 2 aliphatic rings. The molecule has 22 heavy (non-hydrogen) atoms. The molecule has 0 unspecified atom stereocenters. The lowest BCUT2D eigenvalue weighted by atomic mass is 9.97. The van der Waals surface area contributed by atoms with Crippen LogP contribution in [0.5, 0.6) is 0 Å². The Morgan fingerprint density at radius 1 is 1.23 bits per heavy atom. The predicted octanol–water partition coefficient (Wildman–Crippen LogP) is 3.13. The summed E-state index contributed by atoms with van der Waals surface area (Å²) in [5.74, 6) is 0.793. The lowest BCUT2D eigenvalue weighted by molar-refractivity contribution is -0.130. The van der Waals surface area contributed by atoms with Gasteiger partial charge >= 0.3 is 0 Å². The van der Waals surface area contributed by atoms with E-state index in [9.17, 15) is 4.79 Å². The molecule has 3 rings (SSSR count). The molecule has 0 N–H and O–H groups in total. The molecule has 1 aromatic carbocycles. The van der Waals surface area contributed by atoms with Crippen molar-refractivity contribution in [2.75, 3.05) is 25.5 Å². The van der Waals surface area contributed by atoms with E-state index in [0.717, 1.165) is 38.6 Å². The Hall–Kier alpha value is -1.06. The molecule has 1 aromatic rings. The van der Waals surface area contributed by atoms with E-state index in [1.54, 1.807) is 0 Å². The number of amides is 1. The molecule has 1 saturated carbocycles. The third kappa shape index (κ3) is 4.23. The SMILES string of the molecule is O=C(CCl)N1CCC[C@@H](CN(Cc2ccccc2)C2CC2)C1. The molecule has 1 atom stereocenters. The topological polar surface area (TPSA) is 23.6 Å². The summed E-state index contributed by atoms with van der Waals surface area (Å²) in [7, 11) is 0. The molecule has 4 heteroatoms. The molecular formula is C18H25ClN2O. The van der Waals surface area contributed by atoms with E-state index in [-0.39, 0.29) is 11.8 Å². The van der Waals surface area contributed by atoms with E-state index in [0.29, 0.717) is 5.92 Å². The normalized spacial score (nSPS) is 22.1. The van der Waals surface area contributed by atoms with Gasteiger partial charge in [-0.05, 0) is 37.2 Å². The first kappa shape index (κ1) is 15.8. The average Bonchev–Trinajstić information content (AvgIpc) is 3.40. The third-order valence-corrected chi connectivity index (χ3v) is 5.00. The smallest absolute Gasteiger partial charge is 0.237 e. The Morgan fingerprint density at radius 3 is 2.68 bits per heavy atom.